The second-order valence-corrected chi connectivity index (χ2v) is 15.6. The molecule has 0 saturated heterocycles. The zero-order chi connectivity index (χ0) is 41.3. The highest BCUT2D eigenvalue weighted by Gasteiger charge is 2.44. The van der Waals surface area contributed by atoms with E-state index in [-0.39, 0.29) is 49.4 Å². The minimum absolute atomic E-state index is 0.0412. The molecule has 2 N–H and O–H groups in total. The second kappa shape index (κ2) is 16.3. The van der Waals surface area contributed by atoms with Gasteiger partial charge in [0.15, 0.2) is 0 Å². The molecule has 298 valence electrons. The lowest BCUT2D eigenvalue weighted by Crippen LogP contribution is -2.32. The van der Waals surface area contributed by atoms with Crippen LogP contribution in [0.15, 0.2) is 36.4 Å². The molecule has 8 bridgehead atoms. The predicted octanol–water partition coefficient (Wildman–Crippen LogP) is 6.82. The van der Waals surface area contributed by atoms with Gasteiger partial charge < -0.3 is 29.2 Å². The highest BCUT2D eigenvalue weighted by molar-refractivity contribution is 5.89. The van der Waals surface area contributed by atoms with Crippen LogP contribution in [0.1, 0.15) is 98.4 Å². The fourth-order valence-electron chi connectivity index (χ4n) is 8.04. The van der Waals surface area contributed by atoms with Gasteiger partial charge in [0, 0.05) is 86.8 Å². The van der Waals surface area contributed by atoms with Crippen LogP contribution in [0.5, 0.6) is 0 Å². The van der Waals surface area contributed by atoms with E-state index in [9.17, 15) is 19.2 Å². The normalized spacial score (nSPS) is 19.3. The molecule has 3 aromatic heterocycles. The molecule has 2 amide bonds. The lowest BCUT2D eigenvalue weighted by atomic mass is 9.74. The molecule has 0 aliphatic carbocycles. The van der Waals surface area contributed by atoms with Gasteiger partial charge >= 0.3 is 11.9 Å². The van der Waals surface area contributed by atoms with Gasteiger partial charge in [-0.2, -0.15) is 0 Å². The number of methoxy groups -OCH3 is 2. The van der Waals surface area contributed by atoms with E-state index in [4.69, 9.17) is 19.4 Å². The quantitative estimate of drug-likeness (QED) is 0.214. The van der Waals surface area contributed by atoms with E-state index >= 15 is 0 Å². The molecule has 0 aromatic carbocycles. The molecule has 12 nitrogen and oxygen atoms in total. The molecular weight excluding hydrogens is 709 g/mol. The Labute approximate surface area is 329 Å². The van der Waals surface area contributed by atoms with Gasteiger partial charge in [-0.1, -0.05) is 12.2 Å². The number of esters is 2. The molecule has 0 unspecified atom stereocenters. The lowest BCUT2D eigenvalue weighted by molar-refractivity contribution is -0.141. The SMILES string of the molecule is C/C=C1\c2cc3[nH]c(cc4[nH]c(cc5nc(cc(n2)[C@]1(C)CC(=O)N(C)C)/C(=C\C)[C@@]5(C)CC(=O)N(C)C)c(C)c4CCC(=O)OC)c(CCC(=O)OC)c3C. The molecule has 0 radical (unpaired) electrons. The Balaban J connectivity index is 1.99. The molecule has 12 heteroatoms. The summed E-state index contributed by atoms with van der Waals surface area (Å²) in [5, 5.41) is 0. The monoisotopic (exact) mass is 764 g/mol. The first kappa shape index (κ1) is 41.6. The van der Waals surface area contributed by atoms with E-state index in [1.165, 1.54) is 14.2 Å². The highest BCUT2D eigenvalue weighted by atomic mass is 16.5. The van der Waals surface area contributed by atoms with E-state index in [0.717, 1.165) is 55.5 Å². The van der Waals surface area contributed by atoms with Gasteiger partial charge in [-0.15, -0.1) is 0 Å². The summed E-state index contributed by atoms with van der Waals surface area (Å²) in [6.45, 7) is 12.0. The minimum Gasteiger partial charge on any atom is -0.469 e. The Morgan fingerprint density at radius 1 is 0.643 bits per heavy atom. The van der Waals surface area contributed by atoms with Crippen molar-refractivity contribution in [3.05, 3.63) is 81.4 Å². The van der Waals surface area contributed by atoms with Crippen molar-refractivity contribution in [3.8, 4) is 0 Å². The minimum atomic E-state index is -0.813. The maximum atomic E-state index is 13.5. The van der Waals surface area contributed by atoms with Gasteiger partial charge in [0.1, 0.15) is 0 Å². The first-order valence-electron chi connectivity index (χ1n) is 19.0. The fourth-order valence-corrected chi connectivity index (χ4v) is 8.04. The Bertz CT molecular complexity index is 2310. The summed E-state index contributed by atoms with van der Waals surface area (Å²) in [5.41, 5.74) is 9.87. The summed E-state index contributed by atoms with van der Waals surface area (Å²) in [5.74, 6) is -0.722. The number of fused-ring (bicyclic) bond motifs is 8. The average Bonchev–Trinajstić information content (AvgIpc) is 3.78. The van der Waals surface area contributed by atoms with Crippen LogP contribution in [0.2, 0.25) is 0 Å². The van der Waals surface area contributed by atoms with Crippen LogP contribution in [0.3, 0.4) is 0 Å². The van der Waals surface area contributed by atoms with Crippen molar-refractivity contribution in [2.75, 3.05) is 42.4 Å². The third-order valence-electron chi connectivity index (χ3n) is 11.6. The number of allylic oxidation sites excluding steroid dienone is 4. The lowest BCUT2D eigenvalue weighted by Gasteiger charge is -2.28. The maximum absolute atomic E-state index is 13.5. The van der Waals surface area contributed by atoms with Gasteiger partial charge in [-0.05, 0) is 112 Å². The molecule has 0 spiro atoms. The topological polar surface area (TPSA) is 151 Å². The van der Waals surface area contributed by atoms with Crippen molar-refractivity contribution in [2.24, 2.45) is 0 Å². The molecule has 5 rings (SSSR count). The molecule has 2 atom stereocenters. The molecule has 0 saturated carbocycles. The third kappa shape index (κ3) is 7.79. The summed E-state index contributed by atoms with van der Waals surface area (Å²) >= 11 is 0. The molecule has 2 aliphatic heterocycles. The van der Waals surface area contributed by atoms with Crippen molar-refractivity contribution >= 4 is 57.0 Å². The number of aromatic nitrogens is 4. The highest BCUT2D eigenvalue weighted by Crippen LogP contribution is 2.48. The molecule has 0 fully saturated rings. The largest absolute Gasteiger partial charge is 0.469 e. The van der Waals surface area contributed by atoms with E-state index in [1.54, 1.807) is 38.0 Å². The summed E-state index contributed by atoms with van der Waals surface area (Å²) in [7, 11) is 9.77. The number of aromatic amines is 2. The van der Waals surface area contributed by atoms with E-state index in [2.05, 4.69) is 9.97 Å². The van der Waals surface area contributed by atoms with Gasteiger partial charge in [0.25, 0.3) is 0 Å². The number of aryl methyl sites for hydroxylation is 4. The Morgan fingerprint density at radius 2 is 1.04 bits per heavy atom. The first-order chi connectivity index (χ1) is 26.4. The number of rotatable bonds is 10. The van der Waals surface area contributed by atoms with Crippen molar-refractivity contribution in [1.82, 2.24) is 29.7 Å². The number of ether oxygens (including phenoxy) is 2. The molecule has 3 aromatic rings. The number of nitrogens with zero attached hydrogens (tertiary/aromatic N) is 4. The number of hydrogen-bond acceptors (Lipinski definition) is 8. The van der Waals surface area contributed by atoms with Crippen molar-refractivity contribution in [2.45, 2.75) is 90.9 Å². The maximum Gasteiger partial charge on any atom is 0.305 e. The number of carbonyl (C=O) groups is 4. The van der Waals surface area contributed by atoms with Crippen LogP contribution in [-0.2, 0) is 52.3 Å². The fraction of sp³-hybridized carbons (Fsp3) is 0.455. The van der Waals surface area contributed by atoms with Gasteiger partial charge in [0.2, 0.25) is 11.8 Å². The molecule has 56 heavy (non-hydrogen) atoms. The van der Waals surface area contributed by atoms with Crippen molar-refractivity contribution in [1.29, 1.82) is 0 Å². The number of carbonyl (C=O) groups excluding carboxylic acids is 4. The first-order valence-corrected chi connectivity index (χ1v) is 19.0. The summed E-state index contributed by atoms with van der Waals surface area (Å²) < 4.78 is 10.0. The zero-order valence-electron chi connectivity index (χ0n) is 34.9. The number of amides is 2. The van der Waals surface area contributed by atoms with Crippen LogP contribution in [0, 0.1) is 13.8 Å². The number of H-pyrrole nitrogens is 2. The molecular formula is C44H56N6O6. The van der Waals surface area contributed by atoms with E-state index < -0.39 is 10.8 Å². The predicted molar refractivity (Wildman–Crippen MR) is 220 cm³/mol. The van der Waals surface area contributed by atoms with Crippen LogP contribution < -0.4 is 0 Å². The Hall–Kier alpha value is -5.52. The van der Waals surface area contributed by atoms with E-state index in [1.807, 2.05) is 78.0 Å². The summed E-state index contributed by atoms with van der Waals surface area (Å²) in [6, 6.07) is 8.02. The number of hydrogen-bond donors (Lipinski definition) is 2. The Kier molecular flexibility index (Phi) is 12.1. The van der Waals surface area contributed by atoms with Crippen molar-refractivity contribution < 1.29 is 28.7 Å². The smallest absolute Gasteiger partial charge is 0.305 e. The summed E-state index contributed by atoms with van der Waals surface area (Å²) in [4.78, 5) is 72.9. The Morgan fingerprint density at radius 3 is 1.43 bits per heavy atom. The average molecular weight is 765 g/mol. The van der Waals surface area contributed by atoms with E-state index in [0.29, 0.717) is 35.6 Å². The second-order valence-electron chi connectivity index (χ2n) is 15.6. The van der Waals surface area contributed by atoms with Crippen LogP contribution >= 0.6 is 0 Å². The van der Waals surface area contributed by atoms with Gasteiger partial charge in [-0.25, -0.2) is 0 Å². The zero-order valence-corrected chi connectivity index (χ0v) is 34.9. The summed E-state index contributed by atoms with van der Waals surface area (Å²) in [6.07, 6.45) is 5.58. The molecule has 5 heterocycles. The standard InChI is InChI=1S/C44H56N6O6/c1-13-29-35-19-31-25(3)27(15-17-41(53)55-11)33(45-31)20-34-28(16-18-42(54)56-12)26(4)32(46-34)21-37-44(6,24-40(52)50(9)10)30(14-2)36(48-37)22-38(47-35)43(29,5)23-39(51)49(7)8/h13-14,19-22,45-46H,15-18,23-24H2,1-12H3/b29-13+,30-14+,31-19?,32-21?,33-20?,34-20?,35-19?,36-22?,37-21?,38-22?/t43-,44-/m1/s1. The van der Waals surface area contributed by atoms with Crippen LogP contribution in [0.25, 0.3) is 33.2 Å². The van der Waals surface area contributed by atoms with Gasteiger partial charge in [-0.3, -0.25) is 29.1 Å². The van der Waals surface area contributed by atoms with Crippen LogP contribution in [-0.4, -0.2) is 95.9 Å². The number of nitrogens with one attached hydrogen (secondary N) is 2. The third-order valence-corrected chi connectivity index (χ3v) is 11.6. The van der Waals surface area contributed by atoms with Crippen molar-refractivity contribution in [3.63, 3.8) is 0 Å². The van der Waals surface area contributed by atoms with Gasteiger partial charge in [0.05, 0.1) is 37.0 Å². The molecule has 2 aliphatic rings. The van der Waals surface area contributed by atoms with Crippen LogP contribution in [0.4, 0.5) is 0 Å².